The smallest absolute Gasteiger partial charge is 0.332 e. The molecule has 2 rings (SSSR count). The molecule has 2 atom stereocenters. The van der Waals surface area contributed by atoms with Gasteiger partial charge in [-0.05, 0) is 19.3 Å². The largest absolute Gasteiger partial charge is 0.479 e. The van der Waals surface area contributed by atoms with Gasteiger partial charge in [0.15, 0.2) is 6.10 Å². The number of hydrogen-bond acceptors (Lipinski definition) is 3. The second-order valence-electron chi connectivity index (χ2n) is 4.07. The van der Waals surface area contributed by atoms with Gasteiger partial charge in [-0.3, -0.25) is 4.79 Å². The van der Waals surface area contributed by atoms with Crippen LogP contribution in [-0.2, 0) is 14.3 Å². The van der Waals surface area contributed by atoms with E-state index >= 15 is 0 Å². The third-order valence-corrected chi connectivity index (χ3v) is 2.94. The predicted octanol–water partition coefficient (Wildman–Crippen LogP) is 0.407. The zero-order chi connectivity index (χ0) is 11.5. The number of carbonyl (C=O) groups excluding carboxylic acids is 1. The fraction of sp³-hybridized carbons (Fsp3) is 0.636. The first-order chi connectivity index (χ1) is 7.68. The average Bonchev–Trinajstić information content (AvgIpc) is 2.78. The molecule has 2 aliphatic heterocycles. The first kappa shape index (κ1) is 11.1. The van der Waals surface area contributed by atoms with Crippen LogP contribution in [0, 0.1) is 0 Å². The van der Waals surface area contributed by atoms with Crippen molar-refractivity contribution in [2.24, 2.45) is 0 Å². The van der Waals surface area contributed by atoms with Crippen molar-refractivity contribution in [1.82, 2.24) is 4.90 Å². The third-order valence-electron chi connectivity index (χ3n) is 2.94. The summed E-state index contributed by atoms with van der Waals surface area (Å²) >= 11 is 0. The Bertz CT molecular complexity index is 326. The van der Waals surface area contributed by atoms with Gasteiger partial charge in [-0.15, -0.1) is 0 Å². The molecule has 1 saturated heterocycles. The molecule has 0 aliphatic carbocycles. The first-order valence-electron chi connectivity index (χ1n) is 5.50. The molecule has 0 spiro atoms. The molecule has 0 aromatic rings. The van der Waals surface area contributed by atoms with Gasteiger partial charge < -0.3 is 14.7 Å². The predicted molar refractivity (Wildman–Crippen MR) is 55.9 cm³/mol. The highest BCUT2D eigenvalue weighted by Crippen LogP contribution is 2.22. The van der Waals surface area contributed by atoms with Crippen LogP contribution in [0.25, 0.3) is 0 Å². The molecule has 0 aromatic carbocycles. The summed E-state index contributed by atoms with van der Waals surface area (Å²) in [5.41, 5.74) is 0. The average molecular weight is 225 g/mol. The van der Waals surface area contributed by atoms with Crippen molar-refractivity contribution in [2.45, 2.75) is 31.5 Å². The molecule has 0 aromatic heterocycles. The summed E-state index contributed by atoms with van der Waals surface area (Å²) in [5, 5.41) is 8.76. The maximum Gasteiger partial charge on any atom is 0.332 e. The van der Waals surface area contributed by atoms with Gasteiger partial charge in [-0.25, -0.2) is 4.79 Å². The molecular formula is C11H15NO4. The fourth-order valence-electron chi connectivity index (χ4n) is 2.05. The van der Waals surface area contributed by atoms with Gasteiger partial charge in [0.05, 0.1) is 0 Å². The standard InChI is InChI=1S/C11H15NO4/c13-10(12-6-2-1-3-7-12)8-4-5-9(16-8)11(14)15/h1-2,8-9H,3-7H2,(H,14,15). The topological polar surface area (TPSA) is 66.8 Å². The van der Waals surface area contributed by atoms with Gasteiger partial charge in [-0.2, -0.15) is 0 Å². The lowest BCUT2D eigenvalue weighted by molar-refractivity contribution is -0.154. The minimum Gasteiger partial charge on any atom is -0.479 e. The molecule has 1 amide bonds. The number of carboxylic acid groups (broad SMARTS) is 1. The Morgan fingerprint density at radius 3 is 2.56 bits per heavy atom. The summed E-state index contributed by atoms with van der Waals surface area (Å²) < 4.78 is 5.22. The van der Waals surface area contributed by atoms with E-state index in [1.807, 2.05) is 12.2 Å². The number of ether oxygens (including phenoxy) is 1. The summed E-state index contributed by atoms with van der Waals surface area (Å²) in [6.07, 6.45) is 4.42. The summed E-state index contributed by atoms with van der Waals surface area (Å²) in [7, 11) is 0. The van der Waals surface area contributed by atoms with Crippen LogP contribution in [0.2, 0.25) is 0 Å². The Morgan fingerprint density at radius 1 is 1.25 bits per heavy atom. The van der Waals surface area contributed by atoms with E-state index in [1.54, 1.807) is 4.90 Å². The number of hydrogen-bond donors (Lipinski definition) is 1. The van der Waals surface area contributed by atoms with Crippen molar-refractivity contribution in [3.8, 4) is 0 Å². The summed E-state index contributed by atoms with van der Waals surface area (Å²) in [5.74, 6) is -1.05. The highest BCUT2D eigenvalue weighted by atomic mass is 16.5. The van der Waals surface area contributed by atoms with Crippen molar-refractivity contribution in [1.29, 1.82) is 0 Å². The monoisotopic (exact) mass is 225 g/mol. The Hall–Kier alpha value is -1.36. The molecule has 0 bridgehead atoms. The van der Waals surface area contributed by atoms with Gasteiger partial charge in [-0.1, -0.05) is 12.2 Å². The maximum atomic E-state index is 11.9. The lowest BCUT2D eigenvalue weighted by Gasteiger charge is -2.26. The molecule has 16 heavy (non-hydrogen) atoms. The molecule has 2 unspecified atom stereocenters. The zero-order valence-corrected chi connectivity index (χ0v) is 8.96. The van der Waals surface area contributed by atoms with Gasteiger partial charge in [0.1, 0.15) is 6.10 Å². The van der Waals surface area contributed by atoms with Crippen molar-refractivity contribution < 1.29 is 19.4 Å². The number of aliphatic carboxylic acids is 1. The lowest BCUT2D eigenvalue weighted by atomic mass is 10.1. The second kappa shape index (κ2) is 4.65. The highest BCUT2D eigenvalue weighted by molar-refractivity contribution is 5.83. The SMILES string of the molecule is O=C(O)C1CCC(C(=O)N2CC=CCC2)O1. The summed E-state index contributed by atoms with van der Waals surface area (Å²) in [4.78, 5) is 24.3. The van der Waals surface area contributed by atoms with Crippen LogP contribution in [0.5, 0.6) is 0 Å². The van der Waals surface area contributed by atoms with E-state index in [1.165, 1.54) is 0 Å². The summed E-state index contributed by atoms with van der Waals surface area (Å²) in [6, 6.07) is 0. The third kappa shape index (κ3) is 2.24. The van der Waals surface area contributed by atoms with Crippen LogP contribution in [0.4, 0.5) is 0 Å². The zero-order valence-electron chi connectivity index (χ0n) is 8.96. The van der Waals surface area contributed by atoms with Gasteiger partial charge >= 0.3 is 5.97 Å². The molecule has 0 saturated carbocycles. The Morgan fingerprint density at radius 2 is 2.00 bits per heavy atom. The van der Waals surface area contributed by atoms with Crippen molar-refractivity contribution >= 4 is 11.9 Å². The second-order valence-corrected chi connectivity index (χ2v) is 4.07. The Kier molecular flexibility index (Phi) is 3.24. The quantitative estimate of drug-likeness (QED) is 0.691. The summed E-state index contributed by atoms with van der Waals surface area (Å²) in [6.45, 7) is 1.31. The van der Waals surface area contributed by atoms with E-state index in [4.69, 9.17) is 9.84 Å². The molecule has 2 aliphatic rings. The number of amides is 1. The molecule has 2 heterocycles. The van der Waals surface area contributed by atoms with Crippen molar-refractivity contribution in [2.75, 3.05) is 13.1 Å². The first-order valence-corrected chi connectivity index (χ1v) is 5.50. The van der Waals surface area contributed by atoms with Crippen molar-refractivity contribution in [3.63, 3.8) is 0 Å². The van der Waals surface area contributed by atoms with Gasteiger partial charge in [0.25, 0.3) is 5.91 Å². The van der Waals surface area contributed by atoms with Crippen LogP contribution in [0.15, 0.2) is 12.2 Å². The maximum absolute atomic E-state index is 11.9. The highest BCUT2D eigenvalue weighted by Gasteiger charge is 2.36. The number of rotatable bonds is 2. The molecule has 1 N–H and O–H groups in total. The minimum absolute atomic E-state index is 0.0758. The molecule has 88 valence electrons. The normalized spacial score (nSPS) is 29.4. The van der Waals surface area contributed by atoms with E-state index in [0.29, 0.717) is 25.9 Å². The van der Waals surface area contributed by atoms with Crippen molar-refractivity contribution in [3.05, 3.63) is 12.2 Å². The Balaban J connectivity index is 1.91. The van der Waals surface area contributed by atoms with E-state index in [-0.39, 0.29) is 5.91 Å². The van der Waals surface area contributed by atoms with E-state index in [9.17, 15) is 9.59 Å². The number of carboxylic acids is 1. The number of carbonyl (C=O) groups is 2. The Labute approximate surface area is 93.7 Å². The molecule has 5 heteroatoms. The van der Waals surface area contributed by atoms with Gasteiger partial charge in [0.2, 0.25) is 0 Å². The van der Waals surface area contributed by atoms with Crippen LogP contribution < -0.4 is 0 Å². The van der Waals surface area contributed by atoms with E-state index in [0.717, 1.165) is 6.42 Å². The lowest BCUT2D eigenvalue weighted by Crippen LogP contribution is -2.41. The van der Waals surface area contributed by atoms with Crippen LogP contribution in [0.1, 0.15) is 19.3 Å². The molecular weight excluding hydrogens is 210 g/mol. The number of nitrogens with zero attached hydrogens (tertiary/aromatic N) is 1. The molecule has 0 radical (unpaired) electrons. The fourth-order valence-corrected chi connectivity index (χ4v) is 2.05. The van der Waals surface area contributed by atoms with E-state index in [2.05, 4.69) is 0 Å². The molecule has 1 fully saturated rings. The van der Waals surface area contributed by atoms with Crippen LogP contribution >= 0.6 is 0 Å². The van der Waals surface area contributed by atoms with Crippen LogP contribution in [-0.4, -0.2) is 47.2 Å². The minimum atomic E-state index is -0.978. The van der Waals surface area contributed by atoms with E-state index < -0.39 is 18.2 Å². The molecule has 5 nitrogen and oxygen atoms in total. The van der Waals surface area contributed by atoms with Crippen LogP contribution in [0.3, 0.4) is 0 Å². The van der Waals surface area contributed by atoms with Gasteiger partial charge in [0, 0.05) is 13.1 Å².